The Balaban J connectivity index is 1.75. The van der Waals surface area contributed by atoms with Gasteiger partial charge in [0.05, 0.1) is 6.54 Å². The zero-order chi connectivity index (χ0) is 15.0. The Kier molecular flexibility index (Phi) is 4.10. The molecule has 1 aromatic heterocycles. The van der Waals surface area contributed by atoms with Crippen molar-refractivity contribution < 1.29 is 0 Å². The van der Waals surface area contributed by atoms with Gasteiger partial charge in [-0.3, -0.25) is 4.90 Å². The molecule has 1 fully saturated rings. The number of imidazole rings is 1. The van der Waals surface area contributed by atoms with Crippen LogP contribution in [0.25, 0.3) is 0 Å². The molecule has 0 aromatic carbocycles. The van der Waals surface area contributed by atoms with Crippen molar-refractivity contribution in [3.8, 4) is 0 Å². The Morgan fingerprint density at radius 3 is 2.76 bits per heavy atom. The lowest BCUT2D eigenvalue weighted by Crippen LogP contribution is -2.55. The summed E-state index contributed by atoms with van der Waals surface area (Å²) in [7, 11) is 2.12. The highest BCUT2D eigenvalue weighted by atomic mass is 15.3. The summed E-state index contributed by atoms with van der Waals surface area (Å²) in [6.45, 7) is 10.4. The summed E-state index contributed by atoms with van der Waals surface area (Å²) >= 11 is 0. The first-order valence-corrected chi connectivity index (χ1v) is 8.40. The molecular weight excluding hydrogens is 260 g/mol. The molecule has 0 radical (unpaired) electrons. The van der Waals surface area contributed by atoms with Gasteiger partial charge in [0.1, 0.15) is 5.82 Å². The summed E-state index contributed by atoms with van der Waals surface area (Å²) < 4.78 is 2.30. The van der Waals surface area contributed by atoms with Crippen molar-refractivity contribution in [1.82, 2.24) is 19.8 Å². The predicted octanol–water partition coefficient (Wildman–Crippen LogP) is 2.50. The first kappa shape index (κ1) is 15.0. The number of aromatic nitrogens is 2. The minimum Gasteiger partial charge on any atom is -0.333 e. The highest BCUT2D eigenvalue weighted by molar-refractivity contribution is 5.00. The number of hydrogen-bond donors (Lipinski definition) is 1. The van der Waals surface area contributed by atoms with Gasteiger partial charge < -0.3 is 9.88 Å². The van der Waals surface area contributed by atoms with E-state index in [4.69, 9.17) is 0 Å². The van der Waals surface area contributed by atoms with Gasteiger partial charge in [-0.25, -0.2) is 4.98 Å². The fourth-order valence-electron chi connectivity index (χ4n) is 4.15. The van der Waals surface area contributed by atoms with Crippen LogP contribution in [0.4, 0.5) is 0 Å². The molecule has 0 amide bonds. The fourth-order valence-corrected chi connectivity index (χ4v) is 4.15. The summed E-state index contributed by atoms with van der Waals surface area (Å²) in [5, 5.41) is 3.57. The molecule has 0 bridgehead atoms. The van der Waals surface area contributed by atoms with E-state index in [2.05, 4.69) is 53.8 Å². The molecule has 1 aliphatic heterocycles. The molecule has 3 atom stereocenters. The van der Waals surface area contributed by atoms with Gasteiger partial charge in [0.2, 0.25) is 0 Å². The molecule has 0 saturated heterocycles. The SMILES string of the molecule is CNC1CCC(C(C)(C)C)CC1N1CCn2ccnc2C1. The Hall–Kier alpha value is -0.870. The molecule has 2 aliphatic rings. The zero-order valence-electron chi connectivity index (χ0n) is 14.0. The topological polar surface area (TPSA) is 33.1 Å². The van der Waals surface area contributed by atoms with Gasteiger partial charge in [0.25, 0.3) is 0 Å². The Bertz CT molecular complexity index is 473. The number of hydrogen-bond acceptors (Lipinski definition) is 3. The molecule has 118 valence electrons. The molecule has 1 N–H and O–H groups in total. The van der Waals surface area contributed by atoms with Crippen LogP contribution in [0.3, 0.4) is 0 Å². The summed E-state index contributed by atoms with van der Waals surface area (Å²) in [5.74, 6) is 2.06. The Labute approximate surface area is 128 Å². The molecule has 0 spiro atoms. The number of nitrogens with zero attached hydrogens (tertiary/aromatic N) is 3. The van der Waals surface area contributed by atoms with Gasteiger partial charge in [-0.15, -0.1) is 0 Å². The van der Waals surface area contributed by atoms with E-state index in [-0.39, 0.29) is 0 Å². The quantitative estimate of drug-likeness (QED) is 0.908. The summed E-state index contributed by atoms with van der Waals surface area (Å²) in [5.41, 5.74) is 0.422. The van der Waals surface area contributed by atoms with Crippen LogP contribution < -0.4 is 5.32 Å². The van der Waals surface area contributed by atoms with E-state index < -0.39 is 0 Å². The standard InChI is InChI=1S/C17H30N4/c1-17(2,3)13-5-6-14(18-4)15(11-13)21-10-9-20-8-7-19-16(20)12-21/h7-8,13-15,18H,5-6,9-12H2,1-4H3. The average Bonchev–Trinajstić information content (AvgIpc) is 2.93. The second-order valence-electron chi connectivity index (χ2n) is 7.85. The number of fused-ring (bicyclic) bond motifs is 1. The molecule has 1 aliphatic carbocycles. The third kappa shape index (κ3) is 3.02. The van der Waals surface area contributed by atoms with E-state index in [9.17, 15) is 0 Å². The van der Waals surface area contributed by atoms with Crippen LogP contribution in [0.1, 0.15) is 45.9 Å². The number of likely N-dealkylation sites (N-methyl/N-ethyl adjacent to an activating group) is 1. The van der Waals surface area contributed by atoms with Gasteiger partial charge in [-0.05, 0) is 37.6 Å². The van der Waals surface area contributed by atoms with Crippen molar-refractivity contribution in [2.45, 2.75) is 65.2 Å². The van der Waals surface area contributed by atoms with Crippen molar-refractivity contribution in [1.29, 1.82) is 0 Å². The largest absolute Gasteiger partial charge is 0.333 e. The maximum absolute atomic E-state index is 4.52. The fraction of sp³-hybridized carbons (Fsp3) is 0.824. The van der Waals surface area contributed by atoms with Crippen molar-refractivity contribution in [3.63, 3.8) is 0 Å². The highest BCUT2D eigenvalue weighted by Crippen LogP contribution is 2.39. The third-order valence-corrected chi connectivity index (χ3v) is 5.66. The summed E-state index contributed by atoms with van der Waals surface area (Å²) in [6.07, 6.45) is 8.02. The molecule has 2 heterocycles. The lowest BCUT2D eigenvalue weighted by Gasteiger charge is -2.47. The van der Waals surface area contributed by atoms with Crippen molar-refractivity contribution >= 4 is 0 Å². The van der Waals surface area contributed by atoms with Crippen molar-refractivity contribution in [2.24, 2.45) is 11.3 Å². The van der Waals surface area contributed by atoms with Crippen molar-refractivity contribution in [3.05, 3.63) is 18.2 Å². The van der Waals surface area contributed by atoms with Crippen molar-refractivity contribution in [2.75, 3.05) is 13.6 Å². The summed E-state index contributed by atoms with van der Waals surface area (Å²) in [6, 6.07) is 1.28. The third-order valence-electron chi connectivity index (χ3n) is 5.66. The first-order valence-electron chi connectivity index (χ1n) is 8.40. The Morgan fingerprint density at radius 1 is 1.24 bits per heavy atom. The molecule has 21 heavy (non-hydrogen) atoms. The molecule has 1 aromatic rings. The molecule has 4 heteroatoms. The second-order valence-corrected chi connectivity index (χ2v) is 7.85. The maximum atomic E-state index is 4.52. The highest BCUT2D eigenvalue weighted by Gasteiger charge is 2.38. The monoisotopic (exact) mass is 290 g/mol. The molecule has 3 unspecified atom stereocenters. The van der Waals surface area contributed by atoms with Gasteiger partial charge in [-0.1, -0.05) is 20.8 Å². The predicted molar refractivity (Wildman–Crippen MR) is 86.1 cm³/mol. The first-order chi connectivity index (χ1) is 9.99. The van der Waals surface area contributed by atoms with E-state index in [1.165, 1.54) is 25.1 Å². The smallest absolute Gasteiger partial charge is 0.122 e. The lowest BCUT2D eigenvalue weighted by atomic mass is 9.69. The zero-order valence-corrected chi connectivity index (χ0v) is 14.0. The minimum atomic E-state index is 0.422. The van der Waals surface area contributed by atoms with Crippen LogP contribution in [-0.4, -0.2) is 40.1 Å². The van der Waals surface area contributed by atoms with Crippen LogP contribution in [0.2, 0.25) is 0 Å². The van der Waals surface area contributed by atoms with E-state index in [0.29, 0.717) is 17.5 Å². The van der Waals surface area contributed by atoms with Crippen LogP contribution in [-0.2, 0) is 13.1 Å². The molecule has 3 rings (SSSR count). The van der Waals surface area contributed by atoms with Crippen LogP contribution in [0, 0.1) is 11.3 Å². The normalized spacial score (nSPS) is 31.1. The second kappa shape index (κ2) is 5.73. The van der Waals surface area contributed by atoms with E-state index in [0.717, 1.165) is 25.6 Å². The van der Waals surface area contributed by atoms with Gasteiger partial charge in [0, 0.05) is 37.6 Å². The van der Waals surface area contributed by atoms with Crippen LogP contribution >= 0.6 is 0 Å². The number of rotatable bonds is 2. The number of nitrogens with one attached hydrogen (secondary N) is 1. The van der Waals surface area contributed by atoms with Gasteiger partial charge >= 0.3 is 0 Å². The van der Waals surface area contributed by atoms with Crippen LogP contribution in [0.5, 0.6) is 0 Å². The van der Waals surface area contributed by atoms with E-state index in [1.807, 2.05) is 6.20 Å². The van der Waals surface area contributed by atoms with Gasteiger partial charge in [-0.2, -0.15) is 0 Å². The van der Waals surface area contributed by atoms with E-state index >= 15 is 0 Å². The molecule has 4 nitrogen and oxygen atoms in total. The lowest BCUT2D eigenvalue weighted by molar-refractivity contribution is 0.0440. The molecule has 1 saturated carbocycles. The minimum absolute atomic E-state index is 0.422. The Morgan fingerprint density at radius 2 is 2.05 bits per heavy atom. The average molecular weight is 290 g/mol. The van der Waals surface area contributed by atoms with Crippen LogP contribution in [0.15, 0.2) is 12.4 Å². The summed E-state index contributed by atoms with van der Waals surface area (Å²) in [4.78, 5) is 7.19. The maximum Gasteiger partial charge on any atom is 0.122 e. The van der Waals surface area contributed by atoms with Gasteiger partial charge in [0.15, 0.2) is 0 Å². The molecular formula is C17H30N4. The van der Waals surface area contributed by atoms with E-state index in [1.54, 1.807) is 0 Å².